The predicted octanol–water partition coefficient (Wildman–Crippen LogP) is 1.23. The molecule has 0 spiro atoms. The van der Waals surface area contributed by atoms with E-state index in [0.29, 0.717) is 19.0 Å². The maximum Gasteiger partial charge on any atom is 0.135 e. The topological polar surface area (TPSA) is 57.4 Å². The SMILES string of the molecule is CO[C@]1(c2cc(C)cc(N)n2)CCOC1. The Labute approximate surface area is 89.4 Å². The Kier molecular flexibility index (Phi) is 2.63. The van der Waals surface area contributed by atoms with Crippen molar-refractivity contribution in [1.29, 1.82) is 0 Å². The van der Waals surface area contributed by atoms with Crippen LogP contribution in [0.2, 0.25) is 0 Å². The first-order valence-corrected chi connectivity index (χ1v) is 5.04. The second kappa shape index (κ2) is 3.79. The van der Waals surface area contributed by atoms with E-state index in [1.54, 1.807) is 7.11 Å². The number of hydrogen-bond acceptors (Lipinski definition) is 4. The second-order valence-electron chi connectivity index (χ2n) is 3.96. The van der Waals surface area contributed by atoms with E-state index in [1.807, 2.05) is 19.1 Å². The van der Waals surface area contributed by atoms with E-state index in [0.717, 1.165) is 17.7 Å². The number of aromatic nitrogens is 1. The van der Waals surface area contributed by atoms with E-state index in [2.05, 4.69) is 4.98 Å². The van der Waals surface area contributed by atoms with Gasteiger partial charge in [-0.2, -0.15) is 0 Å². The molecular formula is C11H16N2O2. The Bertz CT molecular complexity index is 339. The Hall–Kier alpha value is -1.13. The van der Waals surface area contributed by atoms with Crippen LogP contribution in [-0.2, 0) is 15.1 Å². The fraction of sp³-hybridized carbons (Fsp3) is 0.545. The molecule has 4 heteroatoms. The molecule has 0 radical (unpaired) electrons. The summed E-state index contributed by atoms with van der Waals surface area (Å²) < 4.78 is 10.9. The summed E-state index contributed by atoms with van der Waals surface area (Å²) in [5.41, 5.74) is 7.30. The fourth-order valence-corrected chi connectivity index (χ4v) is 1.94. The third kappa shape index (κ3) is 1.82. The highest BCUT2D eigenvalue weighted by Crippen LogP contribution is 2.33. The Balaban J connectivity index is 2.42. The van der Waals surface area contributed by atoms with Crippen LogP contribution in [0.4, 0.5) is 5.82 Å². The van der Waals surface area contributed by atoms with Gasteiger partial charge in [-0.1, -0.05) is 0 Å². The number of anilines is 1. The molecule has 2 heterocycles. The van der Waals surface area contributed by atoms with Gasteiger partial charge in [-0.3, -0.25) is 0 Å². The third-order valence-corrected chi connectivity index (χ3v) is 2.83. The number of nitrogens with two attached hydrogens (primary N) is 1. The quantitative estimate of drug-likeness (QED) is 0.794. The van der Waals surface area contributed by atoms with Crippen LogP contribution in [0.3, 0.4) is 0 Å². The second-order valence-corrected chi connectivity index (χ2v) is 3.96. The molecule has 1 aromatic rings. The molecule has 1 atom stereocenters. The highest BCUT2D eigenvalue weighted by Gasteiger charge is 2.38. The summed E-state index contributed by atoms with van der Waals surface area (Å²) in [5, 5.41) is 0. The summed E-state index contributed by atoms with van der Waals surface area (Å²) in [6, 6.07) is 3.86. The summed E-state index contributed by atoms with van der Waals surface area (Å²) in [6.07, 6.45) is 0.833. The van der Waals surface area contributed by atoms with E-state index in [4.69, 9.17) is 15.2 Å². The number of nitrogen functional groups attached to an aromatic ring is 1. The maximum atomic E-state index is 5.73. The average Bonchev–Trinajstić information content (AvgIpc) is 2.65. The van der Waals surface area contributed by atoms with E-state index in [-0.39, 0.29) is 0 Å². The van der Waals surface area contributed by atoms with Gasteiger partial charge in [0.2, 0.25) is 0 Å². The molecule has 4 nitrogen and oxygen atoms in total. The monoisotopic (exact) mass is 208 g/mol. The summed E-state index contributed by atoms with van der Waals surface area (Å²) in [4.78, 5) is 4.33. The van der Waals surface area contributed by atoms with Crippen molar-refractivity contribution < 1.29 is 9.47 Å². The number of pyridine rings is 1. The van der Waals surface area contributed by atoms with E-state index >= 15 is 0 Å². The summed E-state index contributed by atoms with van der Waals surface area (Å²) in [6.45, 7) is 3.27. The van der Waals surface area contributed by atoms with Gasteiger partial charge in [-0.15, -0.1) is 0 Å². The lowest BCUT2D eigenvalue weighted by Crippen LogP contribution is -2.30. The molecule has 2 N–H and O–H groups in total. The minimum Gasteiger partial charge on any atom is -0.384 e. The van der Waals surface area contributed by atoms with Crippen LogP contribution in [0.5, 0.6) is 0 Å². The van der Waals surface area contributed by atoms with Gasteiger partial charge in [-0.25, -0.2) is 4.98 Å². The molecule has 0 bridgehead atoms. The molecule has 0 aliphatic carbocycles. The van der Waals surface area contributed by atoms with Gasteiger partial charge >= 0.3 is 0 Å². The number of hydrogen-bond donors (Lipinski definition) is 1. The molecule has 1 aliphatic rings. The molecule has 82 valence electrons. The Morgan fingerprint density at radius 2 is 2.33 bits per heavy atom. The maximum absolute atomic E-state index is 5.73. The zero-order chi connectivity index (χ0) is 10.9. The lowest BCUT2D eigenvalue weighted by atomic mass is 9.97. The number of nitrogens with zero attached hydrogens (tertiary/aromatic N) is 1. The largest absolute Gasteiger partial charge is 0.384 e. The highest BCUT2D eigenvalue weighted by atomic mass is 16.5. The zero-order valence-electron chi connectivity index (χ0n) is 9.12. The van der Waals surface area contributed by atoms with Gasteiger partial charge in [0.15, 0.2) is 0 Å². The van der Waals surface area contributed by atoms with Gasteiger partial charge in [0, 0.05) is 20.1 Å². The van der Waals surface area contributed by atoms with Gasteiger partial charge in [0.05, 0.1) is 12.3 Å². The van der Waals surface area contributed by atoms with Crippen molar-refractivity contribution in [3.05, 3.63) is 23.4 Å². The van der Waals surface area contributed by atoms with Gasteiger partial charge in [0.1, 0.15) is 11.4 Å². The number of rotatable bonds is 2. The Morgan fingerprint density at radius 1 is 1.53 bits per heavy atom. The molecule has 15 heavy (non-hydrogen) atoms. The first-order chi connectivity index (χ1) is 7.16. The van der Waals surface area contributed by atoms with Crippen molar-refractivity contribution in [2.24, 2.45) is 0 Å². The molecule has 0 unspecified atom stereocenters. The van der Waals surface area contributed by atoms with Crippen molar-refractivity contribution in [2.45, 2.75) is 18.9 Å². The van der Waals surface area contributed by atoms with E-state index < -0.39 is 5.60 Å². The molecular weight excluding hydrogens is 192 g/mol. The molecule has 1 aliphatic heterocycles. The number of aryl methyl sites for hydroxylation is 1. The van der Waals surface area contributed by atoms with Crippen molar-refractivity contribution in [1.82, 2.24) is 4.98 Å². The predicted molar refractivity (Wildman–Crippen MR) is 57.5 cm³/mol. The smallest absolute Gasteiger partial charge is 0.135 e. The molecule has 0 saturated carbocycles. The van der Waals surface area contributed by atoms with Crippen LogP contribution in [0.1, 0.15) is 17.7 Å². The fourth-order valence-electron chi connectivity index (χ4n) is 1.94. The minimum atomic E-state index is -0.403. The number of ether oxygens (including phenoxy) is 2. The first kappa shape index (κ1) is 10.4. The standard InChI is InChI=1S/C11H16N2O2/c1-8-5-9(13-10(12)6-8)11(14-2)3-4-15-7-11/h5-6H,3-4,7H2,1-2H3,(H2,12,13)/t11-/m1/s1. The third-order valence-electron chi connectivity index (χ3n) is 2.83. The molecule has 1 aromatic heterocycles. The number of methoxy groups -OCH3 is 1. The molecule has 0 amide bonds. The van der Waals surface area contributed by atoms with E-state index in [9.17, 15) is 0 Å². The van der Waals surface area contributed by atoms with Crippen LogP contribution in [0.25, 0.3) is 0 Å². The summed E-state index contributed by atoms with van der Waals surface area (Å²) >= 11 is 0. The Morgan fingerprint density at radius 3 is 2.87 bits per heavy atom. The van der Waals surface area contributed by atoms with Gasteiger partial charge < -0.3 is 15.2 Å². The average molecular weight is 208 g/mol. The lowest BCUT2D eigenvalue weighted by molar-refractivity contribution is -0.0245. The van der Waals surface area contributed by atoms with Crippen molar-refractivity contribution in [3.8, 4) is 0 Å². The van der Waals surface area contributed by atoms with Crippen molar-refractivity contribution in [3.63, 3.8) is 0 Å². The highest BCUT2D eigenvalue weighted by molar-refractivity contribution is 5.36. The van der Waals surface area contributed by atoms with Gasteiger partial charge in [-0.05, 0) is 24.6 Å². The van der Waals surface area contributed by atoms with Crippen LogP contribution in [0, 0.1) is 6.92 Å². The van der Waals surface area contributed by atoms with Crippen LogP contribution < -0.4 is 5.73 Å². The van der Waals surface area contributed by atoms with Gasteiger partial charge in [0.25, 0.3) is 0 Å². The summed E-state index contributed by atoms with van der Waals surface area (Å²) in [7, 11) is 1.69. The normalized spacial score (nSPS) is 25.7. The van der Waals surface area contributed by atoms with E-state index in [1.165, 1.54) is 0 Å². The molecule has 1 saturated heterocycles. The lowest BCUT2D eigenvalue weighted by Gasteiger charge is -2.25. The molecule has 2 rings (SSSR count). The molecule has 0 aromatic carbocycles. The zero-order valence-corrected chi connectivity index (χ0v) is 9.12. The first-order valence-electron chi connectivity index (χ1n) is 5.04. The van der Waals surface area contributed by atoms with Crippen LogP contribution in [-0.4, -0.2) is 25.3 Å². The van der Waals surface area contributed by atoms with Crippen LogP contribution >= 0.6 is 0 Å². The molecule has 1 fully saturated rings. The van der Waals surface area contributed by atoms with Crippen LogP contribution in [0.15, 0.2) is 12.1 Å². The van der Waals surface area contributed by atoms with Crippen molar-refractivity contribution in [2.75, 3.05) is 26.1 Å². The minimum absolute atomic E-state index is 0.403. The summed E-state index contributed by atoms with van der Waals surface area (Å²) in [5.74, 6) is 0.535. The van der Waals surface area contributed by atoms with Crippen molar-refractivity contribution >= 4 is 5.82 Å².